The molecule has 0 radical (unpaired) electrons. The molecule has 2 atom stereocenters. The van der Waals surface area contributed by atoms with Crippen LogP contribution in [0.25, 0.3) is 0 Å². The molecule has 0 aliphatic carbocycles. The van der Waals surface area contributed by atoms with Crippen molar-refractivity contribution in [2.75, 3.05) is 32.5 Å². The molecule has 1 aromatic rings. The number of fused-ring (bicyclic) bond motifs is 1. The Bertz CT molecular complexity index is 656. The first kappa shape index (κ1) is 17.9. The fourth-order valence-electron chi connectivity index (χ4n) is 4.08. The van der Waals surface area contributed by atoms with Crippen LogP contribution in [-0.2, 0) is 22.4 Å². The molecule has 0 saturated carbocycles. The number of anilines is 1. The van der Waals surface area contributed by atoms with E-state index in [-0.39, 0.29) is 11.8 Å². The summed E-state index contributed by atoms with van der Waals surface area (Å²) in [4.78, 5) is 28.3. The van der Waals surface area contributed by atoms with Gasteiger partial charge >= 0.3 is 0 Å². The van der Waals surface area contributed by atoms with E-state index >= 15 is 0 Å². The zero-order valence-corrected chi connectivity index (χ0v) is 15.5. The highest BCUT2D eigenvalue weighted by molar-refractivity contribution is 5.99. The van der Waals surface area contributed by atoms with Crippen LogP contribution in [0.3, 0.4) is 0 Å². The van der Waals surface area contributed by atoms with E-state index in [1.165, 1.54) is 5.56 Å². The van der Waals surface area contributed by atoms with E-state index in [0.717, 1.165) is 43.6 Å². The Morgan fingerprint density at radius 1 is 1.32 bits per heavy atom. The second-order valence-electron chi connectivity index (χ2n) is 7.57. The van der Waals surface area contributed by atoms with E-state index in [1.807, 2.05) is 11.0 Å². The van der Waals surface area contributed by atoms with Crippen molar-refractivity contribution in [3.05, 3.63) is 29.3 Å². The molecule has 2 heterocycles. The van der Waals surface area contributed by atoms with Gasteiger partial charge in [0.1, 0.15) is 0 Å². The van der Waals surface area contributed by atoms with E-state index < -0.39 is 0 Å². The fourth-order valence-corrected chi connectivity index (χ4v) is 4.08. The van der Waals surface area contributed by atoms with Gasteiger partial charge in [0.15, 0.2) is 0 Å². The standard InChI is InChI=1S/C20H29N3O2/c1-4-15-12-23(13-18(15)22(2)3)20(25)7-5-6-14-8-9-17-16(10-14)11-19(24)21-17/h8-10,15,18H,4-7,11-13H2,1-3H3,(H,21,24)/t15-,18-/m0/s1. The smallest absolute Gasteiger partial charge is 0.228 e. The SMILES string of the molecule is CC[C@H]1CN(C(=O)CCCc2ccc3c(c2)CC(=O)N3)C[C@@H]1N(C)C. The lowest BCUT2D eigenvalue weighted by atomic mass is 10.0. The number of rotatable bonds is 6. The number of aryl methyl sites for hydroxylation is 1. The first-order chi connectivity index (χ1) is 12.0. The molecule has 1 saturated heterocycles. The monoisotopic (exact) mass is 343 g/mol. The van der Waals surface area contributed by atoms with Gasteiger partial charge in [0.25, 0.3) is 0 Å². The molecular formula is C20H29N3O2. The lowest BCUT2D eigenvalue weighted by Gasteiger charge is -2.23. The lowest BCUT2D eigenvalue weighted by Crippen LogP contribution is -2.36. The third-order valence-electron chi connectivity index (χ3n) is 5.60. The molecule has 1 fully saturated rings. The second-order valence-corrected chi connectivity index (χ2v) is 7.57. The minimum absolute atomic E-state index is 0.0669. The Morgan fingerprint density at radius 3 is 2.80 bits per heavy atom. The Kier molecular flexibility index (Phi) is 5.42. The predicted molar refractivity (Wildman–Crippen MR) is 99.5 cm³/mol. The van der Waals surface area contributed by atoms with Gasteiger partial charge in [-0.1, -0.05) is 25.5 Å². The minimum Gasteiger partial charge on any atom is -0.341 e. The van der Waals surface area contributed by atoms with Gasteiger partial charge in [-0.15, -0.1) is 0 Å². The van der Waals surface area contributed by atoms with Crippen LogP contribution in [0, 0.1) is 5.92 Å². The van der Waals surface area contributed by atoms with Crippen LogP contribution in [0.2, 0.25) is 0 Å². The van der Waals surface area contributed by atoms with E-state index in [4.69, 9.17) is 0 Å². The van der Waals surface area contributed by atoms with Crippen molar-refractivity contribution in [1.82, 2.24) is 9.80 Å². The Hall–Kier alpha value is -1.88. The number of likely N-dealkylation sites (tertiary alicyclic amines) is 1. The number of carbonyl (C=O) groups excluding carboxylic acids is 2. The van der Waals surface area contributed by atoms with E-state index in [1.54, 1.807) is 0 Å². The maximum absolute atomic E-state index is 12.5. The van der Waals surface area contributed by atoms with Crippen LogP contribution >= 0.6 is 0 Å². The van der Waals surface area contributed by atoms with E-state index in [9.17, 15) is 9.59 Å². The third kappa shape index (κ3) is 4.03. The number of carbonyl (C=O) groups is 2. The highest BCUT2D eigenvalue weighted by Gasteiger charge is 2.34. The lowest BCUT2D eigenvalue weighted by molar-refractivity contribution is -0.130. The van der Waals surface area contributed by atoms with Gasteiger partial charge in [-0.25, -0.2) is 0 Å². The van der Waals surface area contributed by atoms with Crippen LogP contribution < -0.4 is 5.32 Å². The Balaban J connectivity index is 1.49. The number of hydrogen-bond acceptors (Lipinski definition) is 3. The first-order valence-corrected chi connectivity index (χ1v) is 9.33. The topological polar surface area (TPSA) is 52.7 Å². The molecule has 0 aromatic heterocycles. The largest absolute Gasteiger partial charge is 0.341 e. The van der Waals surface area contributed by atoms with Gasteiger partial charge < -0.3 is 15.1 Å². The molecule has 0 spiro atoms. The maximum atomic E-state index is 12.5. The molecule has 3 rings (SSSR count). The average molecular weight is 343 g/mol. The average Bonchev–Trinajstić information content (AvgIpc) is 3.16. The first-order valence-electron chi connectivity index (χ1n) is 9.33. The molecule has 136 valence electrons. The predicted octanol–water partition coefficient (Wildman–Crippen LogP) is 2.30. The number of nitrogens with one attached hydrogen (secondary N) is 1. The summed E-state index contributed by atoms with van der Waals surface area (Å²) in [6, 6.07) is 6.62. The van der Waals surface area contributed by atoms with Gasteiger partial charge in [-0.2, -0.15) is 0 Å². The molecular weight excluding hydrogens is 314 g/mol. The molecule has 2 amide bonds. The molecule has 5 nitrogen and oxygen atoms in total. The van der Waals surface area contributed by atoms with Crippen LogP contribution in [0.5, 0.6) is 0 Å². The highest BCUT2D eigenvalue weighted by Crippen LogP contribution is 2.26. The van der Waals surface area contributed by atoms with Crippen LogP contribution in [-0.4, -0.2) is 54.8 Å². The van der Waals surface area contributed by atoms with Gasteiger partial charge in [-0.05, 0) is 50.0 Å². The van der Waals surface area contributed by atoms with Crippen molar-refractivity contribution in [2.24, 2.45) is 5.92 Å². The zero-order valence-electron chi connectivity index (χ0n) is 15.5. The molecule has 25 heavy (non-hydrogen) atoms. The van der Waals surface area contributed by atoms with Crippen molar-refractivity contribution in [3.63, 3.8) is 0 Å². The maximum Gasteiger partial charge on any atom is 0.228 e. The zero-order chi connectivity index (χ0) is 18.0. The number of likely N-dealkylation sites (N-methyl/N-ethyl adjacent to an activating group) is 1. The number of nitrogens with zero attached hydrogens (tertiary/aromatic N) is 2. The molecule has 0 bridgehead atoms. The minimum atomic E-state index is 0.0669. The van der Waals surface area contributed by atoms with Crippen LogP contribution in [0.15, 0.2) is 18.2 Å². The number of hydrogen-bond donors (Lipinski definition) is 1. The van der Waals surface area contributed by atoms with Gasteiger partial charge in [-0.3, -0.25) is 9.59 Å². The van der Waals surface area contributed by atoms with Crippen molar-refractivity contribution in [3.8, 4) is 0 Å². The summed E-state index contributed by atoms with van der Waals surface area (Å²) < 4.78 is 0. The molecule has 2 aliphatic rings. The van der Waals surface area contributed by atoms with Crippen molar-refractivity contribution >= 4 is 17.5 Å². The van der Waals surface area contributed by atoms with Crippen LogP contribution in [0.4, 0.5) is 5.69 Å². The Labute approximate surface area is 150 Å². The number of benzene rings is 1. The van der Waals surface area contributed by atoms with Gasteiger partial charge in [0.05, 0.1) is 6.42 Å². The van der Waals surface area contributed by atoms with Gasteiger partial charge in [0, 0.05) is 31.2 Å². The Morgan fingerprint density at radius 2 is 2.12 bits per heavy atom. The van der Waals surface area contributed by atoms with E-state index in [2.05, 4.69) is 43.4 Å². The summed E-state index contributed by atoms with van der Waals surface area (Å²) >= 11 is 0. The molecule has 5 heteroatoms. The summed E-state index contributed by atoms with van der Waals surface area (Å²) in [6.45, 7) is 3.96. The fraction of sp³-hybridized carbons (Fsp3) is 0.600. The summed E-state index contributed by atoms with van der Waals surface area (Å²) in [5, 5.41) is 2.86. The molecule has 2 aliphatic heterocycles. The highest BCUT2D eigenvalue weighted by atomic mass is 16.2. The summed E-state index contributed by atoms with van der Waals surface area (Å²) in [7, 11) is 4.21. The summed E-state index contributed by atoms with van der Waals surface area (Å²) in [6.07, 6.45) is 3.94. The summed E-state index contributed by atoms with van der Waals surface area (Å²) in [5.74, 6) is 0.929. The van der Waals surface area contributed by atoms with Crippen LogP contribution in [0.1, 0.15) is 37.3 Å². The molecule has 1 aromatic carbocycles. The van der Waals surface area contributed by atoms with Crippen molar-refractivity contribution in [2.45, 2.75) is 45.1 Å². The van der Waals surface area contributed by atoms with Crippen molar-refractivity contribution in [1.29, 1.82) is 0 Å². The third-order valence-corrected chi connectivity index (χ3v) is 5.60. The quantitative estimate of drug-likeness (QED) is 0.862. The van der Waals surface area contributed by atoms with Crippen molar-refractivity contribution < 1.29 is 9.59 Å². The number of amides is 2. The second kappa shape index (κ2) is 7.56. The molecule has 0 unspecified atom stereocenters. The van der Waals surface area contributed by atoms with Gasteiger partial charge in [0.2, 0.25) is 11.8 Å². The normalized spacial score (nSPS) is 22.4. The molecule has 1 N–H and O–H groups in total. The summed E-state index contributed by atoms with van der Waals surface area (Å²) in [5.41, 5.74) is 3.22. The van der Waals surface area contributed by atoms with E-state index in [0.29, 0.717) is 24.8 Å².